The van der Waals surface area contributed by atoms with E-state index in [4.69, 9.17) is 9.97 Å². The molecule has 2 aromatic heterocycles. The number of benzene rings is 9. The second-order valence-corrected chi connectivity index (χ2v) is 16.7. The van der Waals surface area contributed by atoms with Gasteiger partial charge in [-0.3, -0.25) is 0 Å². The first kappa shape index (κ1) is 34.6. The first-order valence-corrected chi connectivity index (χ1v) is 21.3. The molecular formula is C57H36N2S. The van der Waals surface area contributed by atoms with E-state index in [1.165, 1.54) is 70.1 Å². The van der Waals surface area contributed by atoms with Crippen molar-refractivity contribution in [3.8, 4) is 56.2 Å². The summed E-state index contributed by atoms with van der Waals surface area (Å²) in [6.45, 7) is 0. The van der Waals surface area contributed by atoms with E-state index in [-0.39, 0.29) is 0 Å². The molecule has 0 fully saturated rings. The lowest BCUT2D eigenvalue weighted by Crippen LogP contribution is -2.28. The molecule has 2 heterocycles. The Balaban J connectivity index is 1.07. The molecular weight excluding hydrogens is 745 g/mol. The largest absolute Gasteiger partial charge is 0.228 e. The van der Waals surface area contributed by atoms with Crippen molar-refractivity contribution in [2.45, 2.75) is 5.41 Å². The molecule has 3 heteroatoms. The number of aromatic nitrogens is 2. The maximum Gasteiger partial charge on any atom is 0.160 e. The van der Waals surface area contributed by atoms with Crippen LogP contribution in [0.2, 0.25) is 0 Å². The third-order valence-electron chi connectivity index (χ3n) is 12.4. The summed E-state index contributed by atoms with van der Waals surface area (Å²) < 4.78 is 2.53. The molecule has 0 saturated carbocycles. The van der Waals surface area contributed by atoms with Crippen LogP contribution < -0.4 is 0 Å². The number of hydrogen-bond acceptors (Lipinski definition) is 3. The summed E-state index contributed by atoms with van der Waals surface area (Å²) in [6, 6.07) is 79.3. The Morgan fingerprint density at radius 2 is 0.867 bits per heavy atom. The average molecular weight is 781 g/mol. The van der Waals surface area contributed by atoms with Crippen molar-refractivity contribution in [3.05, 3.63) is 241 Å². The van der Waals surface area contributed by atoms with E-state index in [0.717, 1.165) is 33.5 Å². The van der Waals surface area contributed by atoms with E-state index < -0.39 is 5.41 Å². The van der Waals surface area contributed by atoms with Crippen molar-refractivity contribution in [3.63, 3.8) is 0 Å². The molecule has 9 aromatic carbocycles. The van der Waals surface area contributed by atoms with Gasteiger partial charge in [0.2, 0.25) is 0 Å². The summed E-state index contributed by atoms with van der Waals surface area (Å²) in [4.78, 5) is 10.6. The lowest BCUT2D eigenvalue weighted by atomic mass is 9.67. The topological polar surface area (TPSA) is 25.8 Å². The Labute approximate surface area is 352 Å². The van der Waals surface area contributed by atoms with Gasteiger partial charge in [0.15, 0.2) is 5.82 Å². The molecule has 280 valence electrons. The molecule has 0 bridgehead atoms. The molecule has 1 aliphatic carbocycles. The first-order chi connectivity index (χ1) is 29.8. The number of nitrogens with zero attached hydrogens (tertiary/aromatic N) is 2. The molecule has 0 atom stereocenters. The molecule has 0 spiro atoms. The highest BCUT2D eigenvalue weighted by molar-refractivity contribution is 7.25. The summed E-state index contributed by atoms with van der Waals surface area (Å²) in [6.07, 6.45) is 0. The van der Waals surface area contributed by atoms with Gasteiger partial charge in [-0.1, -0.05) is 194 Å². The molecule has 0 unspecified atom stereocenters. The second-order valence-electron chi connectivity index (χ2n) is 15.6. The predicted octanol–water partition coefficient (Wildman–Crippen LogP) is 15.0. The van der Waals surface area contributed by atoms with Crippen LogP contribution >= 0.6 is 11.3 Å². The fraction of sp³-hybridized carbons (Fsp3) is 0.0175. The standard InChI is InChI=1S/C57H36N2S/c1-4-17-37(18-5-1)56-58-51(36-52(59-56)47-27-16-30-54-55(47)48-26-13-15-29-53(48)60-54)46-34-33-41(42-23-10-11-24-43(42)46)38-31-32-45-44-25-12-14-28-49(44)57(50(45)35-38,39-19-6-2-7-20-39)40-21-8-3-9-22-40/h1-36H. The summed E-state index contributed by atoms with van der Waals surface area (Å²) >= 11 is 1.83. The maximum absolute atomic E-state index is 5.33. The quantitative estimate of drug-likeness (QED) is 0.168. The second kappa shape index (κ2) is 13.8. The number of hydrogen-bond donors (Lipinski definition) is 0. The summed E-state index contributed by atoms with van der Waals surface area (Å²) in [5, 5.41) is 4.83. The van der Waals surface area contributed by atoms with E-state index in [2.05, 4.69) is 212 Å². The third-order valence-corrected chi connectivity index (χ3v) is 13.5. The lowest BCUT2D eigenvalue weighted by molar-refractivity contribution is 0.769. The molecule has 1 aliphatic rings. The van der Waals surface area contributed by atoms with E-state index in [9.17, 15) is 0 Å². The molecule has 0 saturated heterocycles. The Bertz CT molecular complexity index is 3380. The molecule has 12 rings (SSSR count). The number of rotatable bonds is 6. The maximum atomic E-state index is 5.33. The molecule has 0 aliphatic heterocycles. The van der Waals surface area contributed by atoms with E-state index in [1.807, 2.05) is 17.4 Å². The molecule has 60 heavy (non-hydrogen) atoms. The Morgan fingerprint density at radius 3 is 1.62 bits per heavy atom. The van der Waals surface area contributed by atoms with Crippen LogP contribution in [0.5, 0.6) is 0 Å². The van der Waals surface area contributed by atoms with Crippen molar-refractivity contribution in [2.24, 2.45) is 0 Å². The fourth-order valence-electron chi connectivity index (χ4n) is 9.81. The molecule has 2 nitrogen and oxygen atoms in total. The van der Waals surface area contributed by atoms with Crippen LogP contribution in [0, 0.1) is 0 Å². The van der Waals surface area contributed by atoms with Crippen molar-refractivity contribution in [1.82, 2.24) is 9.97 Å². The van der Waals surface area contributed by atoms with Crippen LogP contribution in [0.15, 0.2) is 218 Å². The van der Waals surface area contributed by atoms with Gasteiger partial charge >= 0.3 is 0 Å². The van der Waals surface area contributed by atoms with Gasteiger partial charge in [-0.25, -0.2) is 9.97 Å². The molecule has 0 radical (unpaired) electrons. The van der Waals surface area contributed by atoms with Crippen LogP contribution in [0.25, 0.3) is 87.1 Å². The van der Waals surface area contributed by atoms with Gasteiger partial charge in [-0.2, -0.15) is 0 Å². The zero-order chi connectivity index (χ0) is 39.6. The molecule has 0 amide bonds. The van der Waals surface area contributed by atoms with Crippen molar-refractivity contribution < 1.29 is 0 Å². The number of fused-ring (bicyclic) bond motifs is 7. The van der Waals surface area contributed by atoms with Gasteiger partial charge in [0.25, 0.3) is 0 Å². The van der Waals surface area contributed by atoms with Crippen LogP contribution in [-0.2, 0) is 5.41 Å². The highest BCUT2D eigenvalue weighted by atomic mass is 32.1. The molecule has 0 N–H and O–H groups in total. The summed E-state index contributed by atoms with van der Waals surface area (Å²) in [7, 11) is 0. The highest BCUT2D eigenvalue weighted by Gasteiger charge is 2.46. The Kier molecular flexibility index (Phi) is 7.97. The van der Waals surface area contributed by atoms with Crippen LogP contribution in [0.4, 0.5) is 0 Å². The zero-order valence-electron chi connectivity index (χ0n) is 32.6. The Morgan fingerprint density at radius 1 is 0.333 bits per heavy atom. The van der Waals surface area contributed by atoms with E-state index in [0.29, 0.717) is 5.82 Å². The third kappa shape index (κ3) is 5.26. The van der Waals surface area contributed by atoms with Gasteiger partial charge < -0.3 is 0 Å². The van der Waals surface area contributed by atoms with Crippen LogP contribution in [0.3, 0.4) is 0 Å². The van der Waals surface area contributed by atoms with Crippen molar-refractivity contribution >= 4 is 42.3 Å². The fourth-order valence-corrected chi connectivity index (χ4v) is 10.9. The Hall–Kier alpha value is -7.46. The summed E-state index contributed by atoms with van der Waals surface area (Å²) in [5.74, 6) is 0.712. The number of thiophene rings is 1. The monoisotopic (exact) mass is 780 g/mol. The van der Waals surface area contributed by atoms with Crippen molar-refractivity contribution in [2.75, 3.05) is 0 Å². The SMILES string of the molecule is c1ccc(-c2nc(-c3ccc(-c4ccc5c(c4)C(c4ccccc4)(c4ccccc4)c4ccccc4-5)c4ccccc34)cc(-c3cccc4sc5ccccc5c34)n2)cc1. The summed E-state index contributed by atoms with van der Waals surface area (Å²) in [5.41, 5.74) is 14.6. The zero-order valence-corrected chi connectivity index (χ0v) is 33.4. The van der Waals surface area contributed by atoms with Gasteiger partial charge in [0.05, 0.1) is 16.8 Å². The van der Waals surface area contributed by atoms with Crippen molar-refractivity contribution in [1.29, 1.82) is 0 Å². The minimum absolute atomic E-state index is 0.470. The minimum atomic E-state index is -0.470. The normalized spacial score (nSPS) is 12.8. The van der Waals surface area contributed by atoms with Gasteiger partial charge in [-0.15, -0.1) is 11.3 Å². The minimum Gasteiger partial charge on any atom is -0.228 e. The lowest BCUT2D eigenvalue weighted by Gasteiger charge is -2.34. The smallest absolute Gasteiger partial charge is 0.160 e. The van der Waals surface area contributed by atoms with Crippen LogP contribution in [0.1, 0.15) is 22.3 Å². The van der Waals surface area contributed by atoms with E-state index >= 15 is 0 Å². The average Bonchev–Trinajstić information content (AvgIpc) is 3.86. The van der Waals surface area contributed by atoms with Crippen LogP contribution in [-0.4, -0.2) is 9.97 Å². The van der Waals surface area contributed by atoms with E-state index in [1.54, 1.807) is 0 Å². The van der Waals surface area contributed by atoms with Gasteiger partial charge in [-0.05, 0) is 79.5 Å². The first-order valence-electron chi connectivity index (χ1n) is 20.5. The van der Waals surface area contributed by atoms with Gasteiger partial charge in [0, 0.05) is 36.9 Å². The van der Waals surface area contributed by atoms with Gasteiger partial charge in [0.1, 0.15) is 0 Å². The molecule has 11 aromatic rings. The highest BCUT2D eigenvalue weighted by Crippen LogP contribution is 2.57. The predicted molar refractivity (Wildman–Crippen MR) is 251 cm³/mol.